The first-order valence-electron chi connectivity index (χ1n) is 4.42. The van der Waals surface area contributed by atoms with E-state index in [0.717, 1.165) is 0 Å². The summed E-state index contributed by atoms with van der Waals surface area (Å²) in [5, 5.41) is 17.2. The van der Waals surface area contributed by atoms with Crippen molar-refractivity contribution in [1.29, 1.82) is 10.5 Å². The molecule has 0 aromatic carbocycles. The lowest BCUT2D eigenvalue weighted by Gasteiger charge is -2.26. The van der Waals surface area contributed by atoms with Gasteiger partial charge in [0.05, 0.1) is 24.5 Å². The molecule has 2 nitrogen and oxygen atoms in total. The molecule has 0 saturated heterocycles. The van der Waals surface area contributed by atoms with Crippen LogP contribution in [0.15, 0.2) is 0 Å². The molecule has 72 valence electrons. The third kappa shape index (κ3) is 3.56. The zero-order valence-corrected chi connectivity index (χ0v) is 9.34. The standard InChI is InChI=1S/C9H15FN2Si/c1-4-9(13(2,3)10)8(7-12)5-6-11/h8-9H,4-5H2,1-3H3. The van der Waals surface area contributed by atoms with Crippen LogP contribution in [0.2, 0.25) is 18.6 Å². The summed E-state index contributed by atoms with van der Waals surface area (Å²) in [7, 11) is -2.78. The Bertz CT molecular complexity index is 233. The van der Waals surface area contributed by atoms with Gasteiger partial charge in [0.25, 0.3) is 0 Å². The van der Waals surface area contributed by atoms with E-state index in [9.17, 15) is 4.11 Å². The van der Waals surface area contributed by atoms with Gasteiger partial charge < -0.3 is 4.11 Å². The van der Waals surface area contributed by atoms with Gasteiger partial charge in [0, 0.05) is 0 Å². The number of hydrogen-bond donors (Lipinski definition) is 0. The number of halogens is 1. The molecule has 0 heterocycles. The van der Waals surface area contributed by atoms with Gasteiger partial charge in [-0.15, -0.1) is 0 Å². The molecule has 13 heavy (non-hydrogen) atoms. The van der Waals surface area contributed by atoms with E-state index in [-0.39, 0.29) is 12.0 Å². The van der Waals surface area contributed by atoms with Gasteiger partial charge in [-0.25, -0.2) is 0 Å². The Balaban J connectivity index is 4.58. The van der Waals surface area contributed by atoms with Crippen molar-refractivity contribution in [2.24, 2.45) is 5.92 Å². The highest BCUT2D eigenvalue weighted by Crippen LogP contribution is 2.35. The zero-order chi connectivity index (χ0) is 10.5. The van der Waals surface area contributed by atoms with Crippen molar-refractivity contribution in [2.45, 2.75) is 38.4 Å². The molecule has 0 bridgehead atoms. The maximum Gasteiger partial charge on any atom is 0.245 e. The summed E-state index contributed by atoms with van der Waals surface area (Å²) in [5.41, 5.74) is -0.211. The van der Waals surface area contributed by atoms with E-state index in [1.165, 1.54) is 0 Å². The molecule has 0 aliphatic rings. The lowest BCUT2D eigenvalue weighted by Crippen LogP contribution is -2.31. The summed E-state index contributed by atoms with van der Waals surface area (Å²) in [6.07, 6.45) is 0.797. The molecule has 0 aliphatic heterocycles. The van der Waals surface area contributed by atoms with E-state index in [4.69, 9.17) is 10.5 Å². The fourth-order valence-electron chi connectivity index (χ4n) is 1.62. The van der Waals surface area contributed by atoms with Gasteiger partial charge in [0.15, 0.2) is 0 Å². The fourth-order valence-corrected chi connectivity index (χ4v) is 3.74. The van der Waals surface area contributed by atoms with Crippen LogP contribution in [-0.4, -0.2) is 8.41 Å². The minimum atomic E-state index is -2.78. The average molecular weight is 198 g/mol. The first-order valence-corrected chi connectivity index (χ1v) is 7.38. The van der Waals surface area contributed by atoms with E-state index in [2.05, 4.69) is 0 Å². The smallest absolute Gasteiger partial charge is 0.245 e. The lowest BCUT2D eigenvalue weighted by molar-refractivity contribution is 0.547. The minimum Gasteiger partial charge on any atom is -0.314 e. The molecule has 4 heteroatoms. The number of nitriles is 2. The van der Waals surface area contributed by atoms with Gasteiger partial charge >= 0.3 is 0 Å². The van der Waals surface area contributed by atoms with Crippen molar-refractivity contribution in [3.63, 3.8) is 0 Å². The van der Waals surface area contributed by atoms with Gasteiger partial charge in [-0.1, -0.05) is 13.3 Å². The highest BCUT2D eigenvalue weighted by atomic mass is 28.4. The van der Waals surface area contributed by atoms with Crippen LogP contribution < -0.4 is 0 Å². The van der Waals surface area contributed by atoms with Gasteiger partial charge in [-0.3, -0.25) is 0 Å². The molecular weight excluding hydrogens is 183 g/mol. The number of rotatable bonds is 4. The Labute approximate surface area is 80.2 Å². The Morgan fingerprint density at radius 2 is 1.92 bits per heavy atom. The molecule has 0 fully saturated rings. The molecule has 0 radical (unpaired) electrons. The molecule has 0 aliphatic carbocycles. The maximum atomic E-state index is 13.7. The van der Waals surface area contributed by atoms with Crippen LogP contribution in [-0.2, 0) is 0 Å². The van der Waals surface area contributed by atoms with Crippen molar-refractivity contribution in [3.05, 3.63) is 0 Å². The summed E-state index contributed by atoms with van der Waals surface area (Å²) in [6, 6.07) is 3.97. The Hall–Kier alpha value is -0.873. The highest BCUT2D eigenvalue weighted by Gasteiger charge is 2.37. The average Bonchev–Trinajstić information content (AvgIpc) is 2.01. The summed E-state index contributed by atoms with van der Waals surface area (Å²) < 4.78 is 13.7. The van der Waals surface area contributed by atoms with E-state index in [0.29, 0.717) is 6.42 Å². The van der Waals surface area contributed by atoms with E-state index < -0.39 is 14.3 Å². The molecule has 0 amide bonds. The molecule has 2 unspecified atom stereocenters. The van der Waals surface area contributed by atoms with E-state index in [1.807, 2.05) is 19.1 Å². The Morgan fingerprint density at radius 3 is 2.15 bits per heavy atom. The van der Waals surface area contributed by atoms with Crippen LogP contribution in [0.25, 0.3) is 0 Å². The second-order valence-corrected chi connectivity index (χ2v) is 7.55. The van der Waals surface area contributed by atoms with Crippen LogP contribution in [0.4, 0.5) is 4.11 Å². The van der Waals surface area contributed by atoms with Gasteiger partial charge in [-0.2, -0.15) is 10.5 Å². The maximum absolute atomic E-state index is 13.7. The molecule has 0 saturated carbocycles. The van der Waals surface area contributed by atoms with Crippen LogP contribution in [0, 0.1) is 28.6 Å². The second-order valence-electron chi connectivity index (χ2n) is 3.68. The number of hydrogen-bond acceptors (Lipinski definition) is 2. The Kier molecular flexibility index (Phi) is 4.65. The first kappa shape index (κ1) is 12.1. The highest BCUT2D eigenvalue weighted by molar-refractivity contribution is 6.72. The van der Waals surface area contributed by atoms with Gasteiger partial charge in [-0.05, 0) is 18.6 Å². The summed E-state index contributed by atoms with van der Waals surface area (Å²) >= 11 is 0. The minimum absolute atomic E-state index is 0.148. The largest absolute Gasteiger partial charge is 0.314 e. The lowest BCUT2D eigenvalue weighted by atomic mass is 10.0. The SMILES string of the molecule is CCC(C(C#N)CC#N)[Si](C)(C)F. The van der Waals surface area contributed by atoms with E-state index in [1.54, 1.807) is 13.1 Å². The van der Waals surface area contributed by atoms with Crippen LogP contribution in [0.3, 0.4) is 0 Å². The molecule has 0 aromatic rings. The van der Waals surface area contributed by atoms with Crippen LogP contribution in [0.1, 0.15) is 19.8 Å². The predicted octanol–water partition coefficient (Wildman–Crippen LogP) is 2.99. The normalized spacial score (nSPS) is 15.5. The molecule has 2 atom stereocenters. The Morgan fingerprint density at radius 1 is 1.38 bits per heavy atom. The van der Waals surface area contributed by atoms with Crippen molar-refractivity contribution in [2.75, 3.05) is 0 Å². The second kappa shape index (κ2) is 4.99. The zero-order valence-electron chi connectivity index (χ0n) is 8.34. The summed E-state index contributed by atoms with van der Waals surface area (Å²) in [5.74, 6) is -0.429. The third-order valence-corrected chi connectivity index (χ3v) is 4.86. The first-order chi connectivity index (χ1) is 5.97. The van der Waals surface area contributed by atoms with Crippen LogP contribution >= 0.6 is 0 Å². The third-order valence-electron chi connectivity index (χ3n) is 2.28. The fraction of sp³-hybridized carbons (Fsp3) is 0.778. The molecule has 0 rings (SSSR count). The topological polar surface area (TPSA) is 47.6 Å². The predicted molar refractivity (Wildman–Crippen MR) is 52.0 cm³/mol. The van der Waals surface area contributed by atoms with Crippen molar-refractivity contribution in [1.82, 2.24) is 0 Å². The monoisotopic (exact) mass is 198 g/mol. The van der Waals surface area contributed by atoms with E-state index >= 15 is 0 Å². The van der Waals surface area contributed by atoms with Gasteiger partial charge in [0.1, 0.15) is 0 Å². The molecule has 0 aromatic heterocycles. The van der Waals surface area contributed by atoms with Gasteiger partial charge in [0.2, 0.25) is 8.41 Å². The van der Waals surface area contributed by atoms with Crippen molar-refractivity contribution < 1.29 is 4.11 Å². The molecule has 0 N–H and O–H groups in total. The van der Waals surface area contributed by atoms with Crippen molar-refractivity contribution >= 4 is 8.41 Å². The number of nitrogens with zero attached hydrogens (tertiary/aromatic N) is 2. The summed E-state index contributed by atoms with van der Waals surface area (Å²) in [4.78, 5) is 0. The summed E-state index contributed by atoms with van der Waals surface area (Å²) in [6.45, 7) is 5.08. The molecular formula is C9H15FN2Si. The quantitative estimate of drug-likeness (QED) is 0.515. The van der Waals surface area contributed by atoms with Crippen molar-refractivity contribution in [3.8, 4) is 12.1 Å². The van der Waals surface area contributed by atoms with Crippen LogP contribution in [0.5, 0.6) is 0 Å². The molecule has 0 spiro atoms.